The summed E-state index contributed by atoms with van der Waals surface area (Å²) in [6.07, 6.45) is 7.83. The summed E-state index contributed by atoms with van der Waals surface area (Å²) in [4.78, 5) is 0.188. The molecule has 4 nitrogen and oxygen atoms in total. The molecule has 0 radical (unpaired) electrons. The molecule has 0 bridgehead atoms. The van der Waals surface area contributed by atoms with E-state index in [-0.39, 0.29) is 4.91 Å². The second-order valence-electron chi connectivity index (χ2n) is 4.02. The van der Waals surface area contributed by atoms with E-state index < -0.39 is 10.0 Å². The molecule has 0 saturated carbocycles. The Hall–Kier alpha value is -2.27. The number of anilines is 2. The Morgan fingerprint density at radius 2 is 2.00 bits per heavy atom. The lowest BCUT2D eigenvalue weighted by Crippen LogP contribution is -2.14. The van der Waals surface area contributed by atoms with Crippen LogP contribution in [0.4, 0.5) is 11.4 Å². The normalized spacial score (nSPS) is 12.3. The first-order valence-electron chi connectivity index (χ1n) is 5.92. The summed E-state index contributed by atoms with van der Waals surface area (Å²) in [6.45, 7) is 8.66. The van der Waals surface area contributed by atoms with Crippen LogP contribution in [0.5, 0.6) is 0 Å². The summed E-state index contributed by atoms with van der Waals surface area (Å²) in [6, 6.07) is 5.00. The lowest BCUT2D eigenvalue weighted by Gasteiger charge is -2.12. The Bertz CT molecular complexity index is 671. The Morgan fingerprint density at radius 1 is 1.30 bits per heavy atom. The van der Waals surface area contributed by atoms with Gasteiger partial charge in [-0.1, -0.05) is 43.5 Å². The van der Waals surface area contributed by atoms with E-state index in [1.807, 2.05) is 0 Å². The topological polar surface area (TPSA) is 72.2 Å². The van der Waals surface area contributed by atoms with Gasteiger partial charge < -0.3 is 5.73 Å². The molecule has 1 aromatic rings. The minimum Gasteiger partial charge on any atom is -0.398 e. The molecule has 1 aromatic carbocycles. The Morgan fingerprint density at radius 3 is 2.60 bits per heavy atom. The molecule has 0 heterocycles. The van der Waals surface area contributed by atoms with Crippen molar-refractivity contribution in [1.29, 1.82) is 0 Å². The quantitative estimate of drug-likeness (QED) is 0.623. The first-order valence-corrected chi connectivity index (χ1v) is 7.40. The molecule has 0 spiro atoms. The molecular weight excluding hydrogens is 272 g/mol. The van der Waals surface area contributed by atoms with Crippen LogP contribution in [0.1, 0.15) is 12.5 Å². The fourth-order valence-corrected chi connectivity index (χ4v) is 2.37. The number of nitrogen functional groups attached to an aromatic ring is 1. The summed E-state index contributed by atoms with van der Waals surface area (Å²) >= 11 is 0. The van der Waals surface area contributed by atoms with Gasteiger partial charge in [-0.15, -0.1) is 0 Å². The molecule has 5 heteroatoms. The molecule has 0 unspecified atom stereocenters. The molecule has 0 aliphatic carbocycles. The summed E-state index contributed by atoms with van der Waals surface area (Å²) in [5.41, 5.74) is 7.21. The van der Waals surface area contributed by atoms with Crippen LogP contribution in [0, 0.1) is 0 Å². The number of allylic oxidation sites excluding steroid dienone is 5. The monoisotopic (exact) mass is 290 g/mol. The molecule has 0 amide bonds. The van der Waals surface area contributed by atoms with Crippen molar-refractivity contribution in [3.63, 3.8) is 0 Å². The van der Waals surface area contributed by atoms with E-state index in [1.165, 1.54) is 19.1 Å². The van der Waals surface area contributed by atoms with Crippen LogP contribution >= 0.6 is 0 Å². The highest BCUT2D eigenvalue weighted by atomic mass is 32.2. The van der Waals surface area contributed by atoms with Crippen LogP contribution in [0.25, 0.3) is 6.08 Å². The highest BCUT2D eigenvalue weighted by Gasteiger charge is 2.14. The third-order valence-electron chi connectivity index (χ3n) is 2.59. The van der Waals surface area contributed by atoms with E-state index in [0.29, 0.717) is 16.9 Å². The van der Waals surface area contributed by atoms with Crippen molar-refractivity contribution in [2.75, 3.05) is 10.5 Å². The largest absolute Gasteiger partial charge is 0.398 e. The van der Waals surface area contributed by atoms with Crippen molar-refractivity contribution >= 4 is 27.5 Å². The van der Waals surface area contributed by atoms with Gasteiger partial charge in [0.2, 0.25) is 0 Å². The lowest BCUT2D eigenvalue weighted by molar-refractivity contribution is 0.607. The molecule has 0 aliphatic heterocycles. The zero-order chi connectivity index (χ0) is 15.2. The van der Waals surface area contributed by atoms with Crippen molar-refractivity contribution in [3.8, 4) is 0 Å². The van der Waals surface area contributed by atoms with Crippen molar-refractivity contribution < 1.29 is 8.42 Å². The number of hydrogen-bond acceptors (Lipinski definition) is 3. The number of nitrogens with two attached hydrogens (primary N) is 1. The van der Waals surface area contributed by atoms with Crippen molar-refractivity contribution in [2.45, 2.75) is 6.92 Å². The molecule has 0 aliphatic rings. The second-order valence-corrected chi connectivity index (χ2v) is 5.87. The third kappa shape index (κ3) is 3.86. The van der Waals surface area contributed by atoms with Gasteiger partial charge in [-0.25, -0.2) is 8.42 Å². The first kappa shape index (κ1) is 15.8. The molecular formula is C15H18N2O2S. The van der Waals surface area contributed by atoms with Crippen LogP contribution in [0.2, 0.25) is 0 Å². The van der Waals surface area contributed by atoms with Gasteiger partial charge in [-0.05, 0) is 25.1 Å². The number of benzene rings is 1. The average molecular weight is 290 g/mol. The minimum atomic E-state index is -3.62. The SMILES string of the molecule is C=C/C=C\C=C(/C)S(=O)(=O)Nc1cccc(N)c1C=C. The van der Waals surface area contributed by atoms with Crippen LogP contribution in [-0.4, -0.2) is 8.42 Å². The molecule has 0 fully saturated rings. The number of hydrogen-bond donors (Lipinski definition) is 2. The zero-order valence-corrected chi connectivity index (χ0v) is 12.2. The fourth-order valence-electron chi connectivity index (χ4n) is 1.48. The van der Waals surface area contributed by atoms with E-state index in [9.17, 15) is 8.42 Å². The van der Waals surface area contributed by atoms with Gasteiger partial charge in [0.15, 0.2) is 0 Å². The van der Waals surface area contributed by atoms with Gasteiger partial charge in [0.1, 0.15) is 0 Å². The molecule has 1 rings (SSSR count). The highest BCUT2D eigenvalue weighted by Crippen LogP contribution is 2.25. The standard InChI is InChI=1S/C15H18N2O2S/c1-4-6-7-9-12(3)20(18,19)17-15-11-8-10-14(16)13(15)5-2/h4-11,17H,1-2,16H2,3H3/b7-6-,12-9+. The van der Waals surface area contributed by atoms with Gasteiger partial charge >= 0.3 is 0 Å². The minimum absolute atomic E-state index is 0.188. The second kappa shape index (κ2) is 6.77. The van der Waals surface area contributed by atoms with E-state index in [2.05, 4.69) is 17.9 Å². The van der Waals surface area contributed by atoms with E-state index >= 15 is 0 Å². The highest BCUT2D eigenvalue weighted by molar-refractivity contribution is 7.96. The summed E-state index contributed by atoms with van der Waals surface area (Å²) < 4.78 is 26.8. The Kier molecular flexibility index (Phi) is 5.34. The Balaban J connectivity index is 3.12. The fraction of sp³-hybridized carbons (Fsp3) is 0.0667. The van der Waals surface area contributed by atoms with Gasteiger partial charge in [0.25, 0.3) is 10.0 Å². The maximum atomic E-state index is 12.2. The van der Waals surface area contributed by atoms with E-state index in [1.54, 1.807) is 36.4 Å². The maximum absolute atomic E-state index is 12.2. The summed E-state index contributed by atoms with van der Waals surface area (Å²) in [5, 5.41) is 0. The number of nitrogens with one attached hydrogen (secondary N) is 1. The molecule has 0 saturated heterocycles. The van der Waals surface area contributed by atoms with Gasteiger partial charge in [0.05, 0.1) is 10.6 Å². The van der Waals surface area contributed by atoms with E-state index in [0.717, 1.165) is 0 Å². The molecule has 0 aromatic heterocycles. The number of rotatable bonds is 6. The predicted molar refractivity (Wildman–Crippen MR) is 86.6 cm³/mol. The third-order valence-corrected chi connectivity index (χ3v) is 4.06. The van der Waals surface area contributed by atoms with Crippen LogP contribution in [0.3, 0.4) is 0 Å². The average Bonchev–Trinajstić information content (AvgIpc) is 2.38. The number of sulfonamides is 1. The molecule has 0 atom stereocenters. The van der Waals surface area contributed by atoms with E-state index in [4.69, 9.17) is 5.73 Å². The van der Waals surface area contributed by atoms with Crippen molar-refractivity contribution in [3.05, 3.63) is 66.1 Å². The molecule has 3 N–H and O–H groups in total. The summed E-state index contributed by atoms with van der Waals surface area (Å²) in [7, 11) is -3.62. The zero-order valence-electron chi connectivity index (χ0n) is 11.3. The first-order chi connectivity index (χ1) is 9.42. The molecule has 106 valence electrons. The lowest BCUT2D eigenvalue weighted by atomic mass is 10.1. The van der Waals surface area contributed by atoms with Gasteiger partial charge in [-0.3, -0.25) is 4.72 Å². The van der Waals surface area contributed by atoms with Crippen molar-refractivity contribution in [1.82, 2.24) is 0 Å². The van der Waals surface area contributed by atoms with Crippen LogP contribution < -0.4 is 10.5 Å². The van der Waals surface area contributed by atoms with Gasteiger partial charge in [-0.2, -0.15) is 0 Å². The molecule has 20 heavy (non-hydrogen) atoms. The van der Waals surface area contributed by atoms with Gasteiger partial charge in [0, 0.05) is 11.3 Å². The Labute approximate surface area is 120 Å². The van der Waals surface area contributed by atoms with Crippen molar-refractivity contribution in [2.24, 2.45) is 0 Å². The maximum Gasteiger partial charge on any atom is 0.257 e. The smallest absolute Gasteiger partial charge is 0.257 e. The van der Waals surface area contributed by atoms with Crippen LogP contribution in [-0.2, 0) is 10.0 Å². The predicted octanol–water partition coefficient (Wildman–Crippen LogP) is 3.30. The summed E-state index contributed by atoms with van der Waals surface area (Å²) in [5.74, 6) is 0. The van der Waals surface area contributed by atoms with Crippen LogP contribution in [0.15, 0.2) is 60.6 Å².